The van der Waals surface area contributed by atoms with E-state index in [1.54, 1.807) is 5.32 Å². The third kappa shape index (κ3) is 6.23. The molecule has 0 aromatic rings. The Labute approximate surface area is 92.4 Å². The van der Waals surface area contributed by atoms with Crippen LogP contribution in [0, 0.1) is 0 Å². The van der Waals surface area contributed by atoms with Crippen molar-refractivity contribution in [1.82, 2.24) is 5.32 Å². The summed E-state index contributed by atoms with van der Waals surface area (Å²) in [6.07, 6.45) is -0.467. The number of allylic oxidation sites excluding steroid dienone is 1. The van der Waals surface area contributed by atoms with Crippen molar-refractivity contribution in [2.75, 3.05) is 5.33 Å². The number of halogens is 5. The van der Waals surface area contributed by atoms with Crippen LogP contribution >= 0.6 is 39.1 Å². The Kier molecular flexibility index (Phi) is 5.83. The van der Waals surface area contributed by atoms with Crippen LogP contribution in [0.15, 0.2) is 12.2 Å². The number of rotatable bonds is 4. The maximum absolute atomic E-state index is 11.7. The van der Waals surface area contributed by atoms with Gasteiger partial charge in [-0.3, -0.25) is 4.79 Å². The molecule has 0 rings (SSSR count). The van der Waals surface area contributed by atoms with E-state index in [4.69, 9.17) is 23.2 Å². The predicted molar refractivity (Wildman–Crippen MR) is 51.5 cm³/mol. The third-order valence-electron chi connectivity index (χ3n) is 0.904. The fourth-order valence-corrected chi connectivity index (χ4v) is 1.00. The molecule has 1 amide bonds. The van der Waals surface area contributed by atoms with E-state index in [9.17, 15) is 13.6 Å². The molecule has 1 N–H and O–H groups in total. The Hall–Kier alpha value is 0.130. The van der Waals surface area contributed by atoms with E-state index in [1.165, 1.54) is 12.2 Å². The first-order chi connectivity index (χ1) is 5.89. The molecule has 0 atom stereocenters. The number of alkyl halides is 5. The van der Waals surface area contributed by atoms with Gasteiger partial charge in [-0.25, -0.2) is 0 Å². The van der Waals surface area contributed by atoms with Crippen LogP contribution in [-0.4, -0.2) is 22.1 Å². The van der Waals surface area contributed by atoms with Crippen LogP contribution in [0.5, 0.6) is 0 Å². The molecular weight excluding hydrogens is 291 g/mol. The Morgan fingerprint density at radius 2 is 2.15 bits per heavy atom. The molecule has 7 heteroatoms. The maximum Gasteiger partial charge on any atom is 0.315 e. The Morgan fingerprint density at radius 3 is 2.54 bits per heavy atom. The fourth-order valence-electron chi connectivity index (χ4n) is 0.453. The zero-order valence-electron chi connectivity index (χ0n) is 6.24. The first-order valence-electron chi connectivity index (χ1n) is 3.10. The second-order valence-corrected chi connectivity index (χ2v) is 4.00. The van der Waals surface area contributed by atoms with Crippen LogP contribution in [0.25, 0.3) is 0 Å². The molecule has 0 aromatic heterocycles. The standard InChI is InChI=1S/C6H6BrCl2F2NO/c7-3-1-2-6(8,9)12-5(13)4(10)11/h1-2,4H,3H2,(H,12,13). The van der Waals surface area contributed by atoms with Crippen molar-refractivity contribution in [3.8, 4) is 0 Å². The zero-order chi connectivity index (χ0) is 10.5. The molecule has 0 aliphatic carbocycles. The van der Waals surface area contributed by atoms with Gasteiger partial charge in [0, 0.05) is 5.33 Å². The molecule has 0 unspecified atom stereocenters. The topological polar surface area (TPSA) is 29.1 Å². The summed E-state index contributed by atoms with van der Waals surface area (Å²) >= 11 is 13.9. The Balaban J connectivity index is 4.16. The molecule has 0 fully saturated rings. The van der Waals surface area contributed by atoms with E-state index in [1.807, 2.05) is 0 Å². The van der Waals surface area contributed by atoms with Crippen LogP contribution in [0.2, 0.25) is 0 Å². The van der Waals surface area contributed by atoms with Gasteiger partial charge >= 0.3 is 6.43 Å². The second-order valence-electron chi connectivity index (χ2n) is 1.97. The van der Waals surface area contributed by atoms with Crippen LogP contribution < -0.4 is 5.32 Å². The van der Waals surface area contributed by atoms with Gasteiger partial charge in [-0.1, -0.05) is 45.2 Å². The highest BCUT2D eigenvalue weighted by molar-refractivity contribution is 9.09. The van der Waals surface area contributed by atoms with Gasteiger partial charge in [0.2, 0.25) is 4.46 Å². The molecule has 0 heterocycles. The molecule has 13 heavy (non-hydrogen) atoms. The van der Waals surface area contributed by atoms with Gasteiger partial charge in [0.25, 0.3) is 5.91 Å². The molecule has 2 nitrogen and oxygen atoms in total. The van der Waals surface area contributed by atoms with E-state index < -0.39 is 16.8 Å². The number of hydrogen-bond donors (Lipinski definition) is 1. The highest BCUT2D eigenvalue weighted by atomic mass is 79.9. The van der Waals surface area contributed by atoms with Crippen molar-refractivity contribution < 1.29 is 13.6 Å². The smallest absolute Gasteiger partial charge is 0.315 e. The molecule has 0 saturated heterocycles. The predicted octanol–water partition coefficient (Wildman–Crippen LogP) is 2.45. The quantitative estimate of drug-likeness (QED) is 0.482. The first-order valence-corrected chi connectivity index (χ1v) is 4.98. The minimum absolute atomic E-state index is 0.457. The minimum atomic E-state index is -3.13. The van der Waals surface area contributed by atoms with Gasteiger partial charge < -0.3 is 5.32 Å². The number of nitrogens with one attached hydrogen (secondary N) is 1. The van der Waals surface area contributed by atoms with Gasteiger partial charge in [0.1, 0.15) is 0 Å². The van der Waals surface area contributed by atoms with Crippen molar-refractivity contribution in [3.63, 3.8) is 0 Å². The van der Waals surface area contributed by atoms with Crippen molar-refractivity contribution >= 4 is 45.0 Å². The molecule has 0 radical (unpaired) electrons. The largest absolute Gasteiger partial charge is 0.317 e. The maximum atomic E-state index is 11.7. The van der Waals surface area contributed by atoms with Gasteiger partial charge in [-0.05, 0) is 6.08 Å². The van der Waals surface area contributed by atoms with E-state index in [0.717, 1.165) is 0 Å². The molecule has 0 aliphatic heterocycles. The van der Waals surface area contributed by atoms with Crippen molar-refractivity contribution in [2.45, 2.75) is 10.9 Å². The van der Waals surface area contributed by atoms with E-state index >= 15 is 0 Å². The summed E-state index contributed by atoms with van der Waals surface area (Å²) in [5.41, 5.74) is 0. The van der Waals surface area contributed by atoms with Crippen LogP contribution in [-0.2, 0) is 4.79 Å². The van der Waals surface area contributed by atoms with Crippen LogP contribution in [0.3, 0.4) is 0 Å². The molecule has 0 spiro atoms. The van der Waals surface area contributed by atoms with Crippen LogP contribution in [0.1, 0.15) is 0 Å². The van der Waals surface area contributed by atoms with Crippen molar-refractivity contribution in [1.29, 1.82) is 0 Å². The second kappa shape index (κ2) is 5.78. The monoisotopic (exact) mass is 295 g/mol. The summed E-state index contributed by atoms with van der Waals surface area (Å²) in [5.74, 6) is -1.51. The lowest BCUT2D eigenvalue weighted by molar-refractivity contribution is -0.131. The summed E-state index contributed by atoms with van der Waals surface area (Å²) < 4.78 is 21.6. The summed E-state index contributed by atoms with van der Waals surface area (Å²) in [7, 11) is 0. The average Bonchev–Trinajstić information content (AvgIpc) is 2.00. The normalized spacial score (nSPS) is 12.5. The fraction of sp³-hybridized carbons (Fsp3) is 0.500. The van der Waals surface area contributed by atoms with Gasteiger partial charge in [0.05, 0.1) is 0 Å². The summed E-state index contributed by atoms with van der Waals surface area (Å²) in [5, 5.41) is 2.18. The molecule has 0 aromatic carbocycles. The molecule has 0 aliphatic rings. The average molecular weight is 297 g/mol. The van der Waals surface area contributed by atoms with Gasteiger partial charge in [0.15, 0.2) is 0 Å². The summed E-state index contributed by atoms with van der Waals surface area (Å²) in [4.78, 5) is 10.4. The van der Waals surface area contributed by atoms with E-state index in [-0.39, 0.29) is 0 Å². The number of carbonyl (C=O) groups excluding carboxylic acids is 1. The molecule has 0 saturated carbocycles. The lowest BCUT2D eigenvalue weighted by Gasteiger charge is -2.16. The summed E-state index contributed by atoms with van der Waals surface area (Å²) in [6.45, 7) is 0. The third-order valence-corrected chi connectivity index (χ3v) is 1.72. The first kappa shape index (κ1) is 13.1. The lowest BCUT2D eigenvalue weighted by atomic mass is 10.5. The minimum Gasteiger partial charge on any atom is -0.317 e. The Morgan fingerprint density at radius 1 is 1.62 bits per heavy atom. The van der Waals surface area contributed by atoms with E-state index in [2.05, 4.69) is 15.9 Å². The van der Waals surface area contributed by atoms with Crippen molar-refractivity contribution in [3.05, 3.63) is 12.2 Å². The number of amides is 1. The number of hydrogen-bond acceptors (Lipinski definition) is 1. The SMILES string of the molecule is O=C(NC(Cl)(Cl)C=CCBr)C(F)F. The lowest BCUT2D eigenvalue weighted by Crippen LogP contribution is -2.41. The van der Waals surface area contributed by atoms with Gasteiger partial charge in [-0.15, -0.1) is 0 Å². The summed E-state index contributed by atoms with van der Waals surface area (Å²) in [6, 6.07) is 0. The molecule has 76 valence electrons. The zero-order valence-corrected chi connectivity index (χ0v) is 9.34. The highest BCUT2D eigenvalue weighted by Crippen LogP contribution is 2.19. The van der Waals surface area contributed by atoms with Crippen LogP contribution in [0.4, 0.5) is 8.78 Å². The van der Waals surface area contributed by atoms with Crippen molar-refractivity contribution in [2.24, 2.45) is 0 Å². The van der Waals surface area contributed by atoms with E-state index in [0.29, 0.717) is 5.33 Å². The number of carbonyl (C=O) groups is 1. The highest BCUT2D eigenvalue weighted by Gasteiger charge is 2.26. The molecule has 0 bridgehead atoms. The Bertz CT molecular complexity index is 211. The van der Waals surface area contributed by atoms with Gasteiger partial charge in [-0.2, -0.15) is 8.78 Å². The molecular formula is C6H6BrCl2F2NO.